The molecule has 0 bridgehead atoms. The van der Waals surface area contributed by atoms with Crippen LogP contribution in [0, 0.1) is 6.92 Å². The van der Waals surface area contributed by atoms with Crippen LogP contribution >= 0.6 is 11.3 Å². The molecule has 0 unspecified atom stereocenters. The lowest BCUT2D eigenvalue weighted by molar-refractivity contribution is 0.0629. The summed E-state index contributed by atoms with van der Waals surface area (Å²) in [5.74, 6) is 0.0611. The van der Waals surface area contributed by atoms with Crippen molar-refractivity contribution in [3.63, 3.8) is 0 Å². The van der Waals surface area contributed by atoms with Gasteiger partial charge in [-0.3, -0.25) is 14.7 Å². The Bertz CT molecular complexity index is 649. The highest BCUT2D eigenvalue weighted by atomic mass is 32.1. The summed E-state index contributed by atoms with van der Waals surface area (Å²) >= 11 is 1.55. The van der Waals surface area contributed by atoms with Crippen molar-refractivity contribution >= 4 is 22.4 Å². The molecule has 22 heavy (non-hydrogen) atoms. The van der Waals surface area contributed by atoms with Crippen LogP contribution in [0.25, 0.3) is 0 Å². The fraction of sp³-hybridized carbons (Fsp3) is 0.400. The monoisotopic (exact) mass is 317 g/mol. The standard InChI is InChI=1S/C15H19N5OS/c1-11-13(22-15(16)18-11)10-19-5-7-20(8-6-19)14(21)12-3-2-4-17-9-12/h2-4,9H,5-8,10H2,1H3,(H2,16,18). The maximum absolute atomic E-state index is 12.4. The van der Waals surface area contributed by atoms with E-state index in [9.17, 15) is 4.79 Å². The highest BCUT2D eigenvalue weighted by Crippen LogP contribution is 2.22. The van der Waals surface area contributed by atoms with E-state index in [1.807, 2.05) is 17.9 Å². The number of aryl methyl sites for hydroxylation is 1. The molecule has 0 aliphatic carbocycles. The van der Waals surface area contributed by atoms with Gasteiger partial charge in [-0.2, -0.15) is 0 Å². The van der Waals surface area contributed by atoms with Gasteiger partial charge in [-0.25, -0.2) is 4.98 Å². The molecule has 3 heterocycles. The summed E-state index contributed by atoms with van der Waals surface area (Å²) in [6, 6.07) is 3.60. The molecule has 3 rings (SSSR count). The van der Waals surface area contributed by atoms with Gasteiger partial charge in [0.15, 0.2) is 5.13 Å². The Balaban J connectivity index is 1.56. The Morgan fingerprint density at radius 1 is 1.36 bits per heavy atom. The average molecular weight is 317 g/mol. The van der Waals surface area contributed by atoms with Crippen LogP contribution < -0.4 is 5.73 Å². The van der Waals surface area contributed by atoms with Crippen LogP contribution in [0.5, 0.6) is 0 Å². The van der Waals surface area contributed by atoms with E-state index in [0.717, 1.165) is 38.4 Å². The van der Waals surface area contributed by atoms with E-state index in [0.29, 0.717) is 10.7 Å². The van der Waals surface area contributed by atoms with E-state index in [1.54, 1.807) is 29.8 Å². The lowest BCUT2D eigenvalue weighted by Gasteiger charge is -2.34. The molecule has 0 aromatic carbocycles. The number of hydrogen-bond donors (Lipinski definition) is 1. The van der Waals surface area contributed by atoms with Crippen molar-refractivity contribution in [1.82, 2.24) is 19.8 Å². The third-order valence-corrected chi connectivity index (χ3v) is 4.82. The van der Waals surface area contributed by atoms with E-state index in [2.05, 4.69) is 14.9 Å². The summed E-state index contributed by atoms with van der Waals surface area (Å²) in [5, 5.41) is 0.623. The third kappa shape index (κ3) is 3.26. The fourth-order valence-corrected chi connectivity index (χ4v) is 3.46. The number of nitrogens with zero attached hydrogens (tertiary/aromatic N) is 4. The van der Waals surface area contributed by atoms with Crippen molar-refractivity contribution in [2.45, 2.75) is 13.5 Å². The van der Waals surface area contributed by atoms with Crippen molar-refractivity contribution in [2.75, 3.05) is 31.9 Å². The molecule has 0 saturated carbocycles. The number of rotatable bonds is 3. The third-order valence-electron chi connectivity index (χ3n) is 3.84. The second-order valence-corrected chi connectivity index (χ2v) is 6.49. The van der Waals surface area contributed by atoms with Gasteiger partial charge < -0.3 is 10.6 Å². The van der Waals surface area contributed by atoms with Gasteiger partial charge in [0.2, 0.25) is 0 Å². The zero-order valence-electron chi connectivity index (χ0n) is 12.5. The molecule has 1 aliphatic rings. The Hall–Kier alpha value is -1.99. The van der Waals surface area contributed by atoms with E-state index in [4.69, 9.17) is 5.73 Å². The number of aromatic nitrogens is 2. The first-order valence-corrected chi connectivity index (χ1v) is 8.08. The zero-order valence-corrected chi connectivity index (χ0v) is 13.3. The highest BCUT2D eigenvalue weighted by Gasteiger charge is 2.23. The molecule has 1 fully saturated rings. The summed E-state index contributed by atoms with van der Waals surface area (Å²) in [6.07, 6.45) is 3.30. The summed E-state index contributed by atoms with van der Waals surface area (Å²) in [5.41, 5.74) is 7.41. The summed E-state index contributed by atoms with van der Waals surface area (Å²) in [7, 11) is 0. The first-order chi connectivity index (χ1) is 10.6. The number of thiazole rings is 1. The van der Waals surface area contributed by atoms with Gasteiger partial charge in [-0.15, -0.1) is 11.3 Å². The van der Waals surface area contributed by atoms with Gasteiger partial charge in [0.25, 0.3) is 5.91 Å². The largest absolute Gasteiger partial charge is 0.375 e. The Morgan fingerprint density at radius 2 is 2.14 bits per heavy atom. The summed E-state index contributed by atoms with van der Waals surface area (Å²) in [4.78, 5) is 26.1. The Kier molecular flexibility index (Phi) is 4.35. The SMILES string of the molecule is Cc1nc(N)sc1CN1CCN(C(=O)c2cccnc2)CC1. The number of hydrogen-bond acceptors (Lipinski definition) is 6. The molecule has 6 nitrogen and oxygen atoms in total. The first-order valence-electron chi connectivity index (χ1n) is 7.27. The van der Waals surface area contributed by atoms with Gasteiger partial charge in [0, 0.05) is 50.0 Å². The number of nitrogen functional groups attached to an aromatic ring is 1. The minimum absolute atomic E-state index is 0.0611. The molecule has 2 aromatic rings. The highest BCUT2D eigenvalue weighted by molar-refractivity contribution is 7.15. The van der Waals surface area contributed by atoms with Crippen LogP contribution in [-0.2, 0) is 6.54 Å². The average Bonchev–Trinajstić information content (AvgIpc) is 2.86. The summed E-state index contributed by atoms with van der Waals surface area (Å²) < 4.78 is 0. The van der Waals surface area contributed by atoms with Gasteiger partial charge in [0.05, 0.1) is 11.3 Å². The molecule has 0 spiro atoms. The minimum atomic E-state index is 0.0611. The number of amides is 1. The molecule has 2 N–H and O–H groups in total. The second-order valence-electron chi connectivity index (χ2n) is 5.37. The van der Waals surface area contributed by atoms with Crippen molar-refractivity contribution in [1.29, 1.82) is 0 Å². The van der Waals surface area contributed by atoms with Crippen LogP contribution in [0.4, 0.5) is 5.13 Å². The normalized spacial score (nSPS) is 16.0. The summed E-state index contributed by atoms with van der Waals surface area (Å²) in [6.45, 7) is 6.05. The van der Waals surface area contributed by atoms with E-state index in [1.165, 1.54) is 4.88 Å². The first kappa shape index (κ1) is 14.9. The maximum atomic E-state index is 12.4. The Labute approximate surface area is 133 Å². The van der Waals surface area contributed by atoms with Crippen LogP contribution in [0.15, 0.2) is 24.5 Å². The van der Waals surface area contributed by atoms with Crippen molar-refractivity contribution < 1.29 is 4.79 Å². The van der Waals surface area contributed by atoms with Crippen LogP contribution in [0.3, 0.4) is 0 Å². The molecular formula is C15H19N5OS. The molecule has 7 heteroatoms. The maximum Gasteiger partial charge on any atom is 0.255 e. The second kappa shape index (κ2) is 6.41. The Morgan fingerprint density at radius 3 is 2.73 bits per heavy atom. The predicted molar refractivity (Wildman–Crippen MR) is 86.7 cm³/mol. The number of anilines is 1. The number of pyridine rings is 1. The zero-order chi connectivity index (χ0) is 15.5. The number of carbonyl (C=O) groups excluding carboxylic acids is 1. The number of nitrogens with two attached hydrogens (primary N) is 1. The molecule has 2 aromatic heterocycles. The lowest BCUT2D eigenvalue weighted by Crippen LogP contribution is -2.48. The molecule has 1 aliphatic heterocycles. The van der Waals surface area contributed by atoms with Crippen molar-refractivity contribution in [2.24, 2.45) is 0 Å². The molecule has 1 saturated heterocycles. The van der Waals surface area contributed by atoms with Gasteiger partial charge in [-0.1, -0.05) is 0 Å². The van der Waals surface area contributed by atoms with Crippen LogP contribution in [-0.4, -0.2) is 51.9 Å². The van der Waals surface area contributed by atoms with Gasteiger partial charge in [0.1, 0.15) is 0 Å². The number of piperazine rings is 1. The van der Waals surface area contributed by atoms with E-state index < -0.39 is 0 Å². The van der Waals surface area contributed by atoms with Gasteiger partial charge >= 0.3 is 0 Å². The fourth-order valence-electron chi connectivity index (χ4n) is 2.58. The minimum Gasteiger partial charge on any atom is -0.375 e. The van der Waals surface area contributed by atoms with E-state index >= 15 is 0 Å². The lowest BCUT2D eigenvalue weighted by atomic mass is 10.2. The smallest absolute Gasteiger partial charge is 0.255 e. The van der Waals surface area contributed by atoms with Crippen molar-refractivity contribution in [3.05, 3.63) is 40.7 Å². The number of carbonyl (C=O) groups is 1. The van der Waals surface area contributed by atoms with Crippen LogP contribution in [0.1, 0.15) is 20.9 Å². The molecule has 1 amide bonds. The quantitative estimate of drug-likeness (QED) is 0.926. The molecule has 116 valence electrons. The molecular weight excluding hydrogens is 298 g/mol. The predicted octanol–water partition coefficient (Wildman–Crippen LogP) is 1.39. The van der Waals surface area contributed by atoms with Gasteiger partial charge in [-0.05, 0) is 19.1 Å². The molecule has 0 radical (unpaired) electrons. The topological polar surface area (TPSA) is 75.3 Å². The van der Waals surface area contributed by atoms with Crippen molar-refractivity contribution in [3.8, 4) is 0 Å². The van der Waals surface area contributed by atoms with Crippen LogP contribution in [0.2, 0.25) is 0 Å². The molecule has 0 atom stereocenters. The van der Waals surface area contributed by atoms with E-state index in [-0.39, 0.29) is 5.91 Å².